The fourth-order valence-corrected chi connectivity index (χ4v) is 3.15. The van der Waals surface area contributed by atoms with Gasteiger partial charge in [-0.05, 0) is 50.7 Å². The lowest BCUT2D eigenvalue weighted by atomic mass is 10.1. The summed E-state index contributed by atoms with van der Waals surface area (Å²) in [6, 6.07) is 5.02. The highest BCUT2D eigenvalue weighted by molar-refractivity contribution is 5.92. The van der Waals surface area contributed by atoms with Crippen LogP contribution in [0.1, 0.15) is 19.8 Å². The predicted octanol–water partition coefficient (Wildman–Crippen LogP) is 2.06. The second kappa shape index (κ2) is 10.4. The zero-order valence-electron chi connectivity index (χ0n) is 16.6. The van der Waals surface area contributed by atoms with Gasteiger partial charge in [0.1, 0.15) is 5.75 Å². The molecule has 0 radical (unpaired) electrons. The first kappa shape index (κ1) is 23.0. The van der Waals surface area contributed by atoms with Crippen molar-refractivity contribution in [3.05, 3.63) is 24.3 Å². The molecule has 7 nitrogen and oxygen atoms in total. The average Bonchev–Trinajstić information content (AvgIpc) is 2.62. The summed E-state index contributed by atoms with van der Waals surface area (Å²) in [5.41, 5.74) is 0.338. The number of alkyl halides is 3. The van der Waals surface area contributed by atoms with E-state index in [-0.39, 0.29) is 36.7 Å². The number of likely N-dealkylation sites (tertiary alicyclic amines) is 1. The molecule has 0 unspecified atom stereocenters. The molecule has 1 aliphatic heterocycles. The van der Waals surface area contributed by atoms with Crippen molar-refractivity contribution < 1.29 is 27.5 Å². The molecule has 1 fully saturated rings. The third kappa shape index (κ3) is 8.70. The van der Waals surface area contributed by atoms with Gasteiger partial charge in [0.15, 0.2) is 0 Å². The van der Waals surface area contributed by atoms with Crippen molar-refractivity contribution in [1.29, 1.82) is 0 Å². The quantitative estimate of drug-likeness (QED) is 0.679. The van der Waals surface area contributed by atoms with E-state index in [1.807, 2.05) is 0 Å². The van der Waals surface area contributed by atoms with Gasteiger partial charge in [0.05, 0.1) is 13.1 Å². The van der Waals surface area contributed by atoms with Crippen molar-refractivity contribution in [3.63, 3.8) is 0 Å². The number of piperidine rings is 1. The zero-order chi connectivity index (χ0) is 21.4. The summed E-state index contributed by atoms with van der Waals surface area (Å²) < 4.78 is 40.2. The number of nitrogens with one attached hydrogen (secondary N) is 2. The van der Waals surface area contributed by atoms with Crippen LogP contribution in [0, 0.1) is 0 Å². The highest BCUT2D eigenvalue weighted by atomic mass is 19.4. The van der Waals surface area contributed by atoms with Crippen LogP contribution in [0.4, 0.5) is 18.9 Å². The van der Waals surface area contributed by atoms with Crippen molar-refractivity contribution in [3.8, 4) is 5.75 Å². The van der Waals surface area contributed by atoms with Crippen LogP contribution >= 0.6 is 0 Å². The Morgan fingerprint density at radius 1 is 1.14 bits per heavy atom. The number of carbonyl (C=O) groups excluding carboxylic acids is 2. The third-order valence-corrected chi connectivity index (χ3v) is 4.60. The lowest BCUT2D eigenvalue weighted by molar-refractivity contribution is -0.274. The Morgan fingerprint density at radius 2 is 1.72 bits per heavy atom. The second-order valence-electron chi connectivity index (χ2n) is 7.07. The van der Waals surface area contributed by atoms with Gasteiger partial charge < -0.3 is 20.3 Å². The largest absolute Gasteiger partial charge is 0.573 e. The molecule has 0 bridgehead atoms. The van der Waals surface area contributed by atoms with E-state index in [0.29, 0.717) is 5.69 Å². The van der Waals surface area contributed by atoms with Crippen LogP contribution in [0.2, 0.25) is 0 Å². The first-order valence-corrected chi connectivity index (χ1v) is 9.50. The van der Waals surface area contributed by atoms with Crippen LogP contribution in [0.5, 0.6) is 5.75 Å². The SMILES string of the molecule is CCN1CCC(NC(=O)CN(C)CC(=O)Nc2ccc(OC(F)(F)F)cc2)CC1. The van der Waals surface area contributed by atoms with Crippen LogP contribution in [0.25, 0.3) is 0 Å². The van der Waals surface area contributed by atoms with Crippen molar-refractivity contribution >= 4 is 17.5 Å². The maximum absolute atomic E-state index is 12.2. The molecule has 2 N–H and O–H groups in total. The summed E-state index contributed by atoms with van der Waals surface area (Å²) >= 11 is 0. The molecular weight excluding hydrogens is 389 g/mol. The van der Waals surface area contributed by atoms with Crippen LogP contribution in [-0.2, 0) is 9.59 Å². The van der Waals surface area contributed by atoms with Crippen LogP contribution in [0.3, 0.4) is 0 Å². The number of likely N-dealkylation sites (N-methyl/N-ethyl adjacent to an activating group) is 1. The maximum Gasteiger partial charge on any atom is 0.573 e. The molecule has 1 aliphatic rings. The van der Waals surface area contributed by atoms with Gasteiger partial charge in [-0.3, -0.25) is 14.5 Å². The number of ether oxygens (including phenoxy) is 1. The number of hydrogen-bond acceptors (Lipinski definition) is 5. The molecule has 0 spiro atoms. The van der Waals surface area contributed by atoms with Crippen molar-refractivity contribution in [1.82, 2.24) is 15.1 Å². The summed E-state index contributed by atoms with van der Waals surface area (Å²) in [6.07, 6.45) is -2.93. The van der Waals surface area contributed by atoms with Crippen molar-refractivity contribution in [2.45, 2.75) is 32.2 Å². The molecule has 0 aromatic heterocycles. The molecular formula is C19H27F3N4O3. The van der Waals surface area contributed by atoms with Crippen LogP contribution < -0.4 is 15.4 Å². The summed E-state index contributed by atoms with van der Waals surface area (Å²) in [7, 11) is 1.65. The normalized spacial score (nSPS) is 15.9. The monoisotopic (exact) mass is 416 g/mol. The Kier molecular flexibility index (Phi) is 8.27. The Hall–Kier alpha value is -2.33. The summed E-state index contributed by atoms with van der Waals surface area (Å²) in [5.74, 6) is -0.876. The topological polar surface area (TPSA) is 73.9 Å². The van der Waals surface area contributed by atoms with Gasteiger partial charge in [-0.2, -0.15) is 0 Å². The molecule has 0 aliphatic carbocycles. The average molecular weight is 416 g/mol. The molecule has 1 aromatic rings. The molecule has 2 amide bonds. The number of carbonyl (C=O) groups is 2. The molecule has 0 saturated carbocycles. The Morgan fingerprint density at radius 3 is 2.28 bits per heavy atom. The summed E-state index contributed by atoms with van der Waals surface area (Å²) in [6.45, 7) is 5.11. The van der Waals surface area contributed by atoms with E-state index in [0.717, 1.165) is 44.6 Å². The van der Waals surface area contributed by atoms with Crippen molar-refractivity contribution in [2.24, 2.45) is 0 Å². The lowest BCUT2D eigenvalue weighted by Gasteiger charge is -2.31. The standard InChI is InChI=1S/C19H27F3N4O3/c1-3-26-10-8-15(9-11-26)24-18(28)13-25(2)12-17(27)23-14-4-6-16(7-5-14)29-19(20,21)22/h4-7,15H,3,8-13H2,1-2H3,(H,23,27)(H,24,28). The molecule has 10 heteroatoms. The van der Waals surface area contributed by atoms with Gasteiger partial charge in [-0.1, -0.05) is 6.92 Å². The lowest BCUT2D eigenvalue weighted by Crippen LogP contribution is -2.47. The second-order valence-corrected chi connectivity index (χ2v) is 7.07. The van der Waals surface area contributed by atoms with Crippen molar-refractivity contribution in [2.75, 3.05) is 45.1 Å². The number of halogens is 3. The van der Waals surface area contributed by atoms with E-state index in [1.54, 1.807) is 11.9 Å². The Bertz CT molecular complexity index is 674. The van der Waals surface area contributed by atoms with Gasteiger partial charge in [0.2, 0.25) is 11.8 Å². The number of anilines is 1. The third-order valence-electron chi connectivity index (χ3n) is 4.60. The minimum absolute atomic E-state index is 0.0253. The van der Waals surface area contributed by atoms with E-state index in [2.05, 4.69) is 27.2 Å². The number of benzene rings is 1. The van der Waals surface area contributed by atoms with Gasteiger partial charge in [0.25, 0.3) is 0 Å². The number of hydrogen-bond donors (Lipinski definition) is 2. The van der Waals surface area contributed by atoms with E-state index >= 15 is 0 Å². The Labute approximate surface area is 168 Å². The minimum atomic E-state index is -4.76. The maximum atomic E-state index is 12.2. The van der Waals surface area contributed by atoms with Gasteiger partial charge in [-0.15, -0.1) is 13.2 Å². The highest BCUT2D eigenvalue weighted by Crippen LogP contribution is 2.23. The number of rotatable bonds is 8. The van der Waals surface area contributed by atoms with E-state index in [9.17, 15) is 22.8 Å². The van der Waals surface area contributed by atoms with Gasteiger partial charge >= 0.3 is 6.36 Å². The smallest absolute Gasteiger partial charge is 0.406 e. The zero-order valence-corrected chi connectivity index (χ0v) is 16.6. The van der Waals surface area contributed by atoms with E-state index < -0.39 is 6.36 Å². The predicted molar refractivity (Wildman–Crippen MR) is 103 cm³/mol. The Balaban J connectivity index is 1.71. The fourth-order valence-electron chi connectivity index (χ4n) is 3.15. The van der Waals surface area contributed by atoms with E-state index in [1.165, 1.54) is 12.1 Å². The molecule has 29 heavy (non-hydrogen) atoms. The number of amides is 2. The number of nitrogens with zero attached hydrogens (tertiary/aromatic N) is 2. The van der Waals surface area contributed by atoms with Crippen LogP contribution in [0.15, 0.2) is 24.3 Å². The highest BCUT2D eigenvalue weighted by Gasteiger charge is 2.31. The van der Waals surface area contributed by atoms with Gasteiger partial charge in [-0.25, -0.2) is 0 Å². The summed E-state index contributed by atoms with van der Waals surface area (Å²) in [5, 5.41) is 5.57. The molecule has 0 atom stereocenters. The first-order valence-electron chi connectivity index (χ1n) is 9.50. The van der Waals surface area contributed by atoms with Crippen LogP contribution in [-0.4, -0.2) is 73.8 Å². The van der Waals surface area contributed by atoms with E-state index in [4.69, 9.17) is 0 Å². The molecule has 1 saturated heterocycles. The molecule has 162 valence electrons. The fraction of sp³-hybridized carbons (Fsp3) is 0.579. The molecule has 2 rings (SSSR count). The minimum Gasteiger partial charge on any atom is -0.406 e. The van der Waals surface area contributed by atoms with Gasteiger partial charge in [0, 0.05) is 24.8 Å². The molecule has 1 aromatic carbocycles. The molecule has 1 heterocycles. The first-order chi connectivity index (χ1) is 13.6. The summed E-state index contributed by atoms with van der Waals surface area (Å²) in [4.78, 5) is 28.1.